The Kier molecular flexibility index (Phi) is 4.60. The van der Waals surface area contributed by atoms with E-state index in [4.69, 9.17) is 5.11 Å². The Morgan fingerprint density at radius 2 is 2.06 bits per heavy atom. The van der Waals surface area contributed by atoms with Gasteiger partial charge in [-0.3, -0.25) is 4.79 Å². The molecule has 94 valence electrons. The van der Waals surface area contributed by atoms with E-state index in [1.807, 2.05) is 25.1 Å². The molecule has 0 saturated carbocycles. The topological polar surface area (TPSA) is 49.3 Å². The maximum absolute atomic E-state index is 11.1. The first-order valence-electron chi connectivity index (χ1n) is 5.52. The molecular weight excluding hydrogens is 234 g/mol. The summed E-state index contributed by atoms with van der Waals surface area (Å²) >= 11 is 1.79. The van der Waals surface area contributed by atoms with Crippen molar-refractivity contribution in [1.29, 1.82) is 0 Å². The number of anilines is 1. The monoisotopic (exact) mass is 253 g/mol. The second-order valence-electron chi connectivity index (χ2n) is 4.90. The van der Waals surface area contributed by atoms with Crippen LogP contribution in [0.15, 0.2) is 23.1 Å². The molecule has 1 amide bonds. The fourth-order valence-corrected chi connectivity index (χ4v) is 2.46. The van der Waals surface area contributed by atoms with Gasteiger partial charge < -0.3 is 10.4 Å². The molecule has 0 aliphatic carbocycles. The number of nitrogens with one attached hydrogen (secondary N) is 1. The third-order valence-corrected chi connectivity index (χ3v) is 3.14. The minimum atomic E-state index is -0.488. The van der Waals surface area contributed by atoms with Gasteiger partial charge in [-0.1, -0.05) is 20.8 Å². The number of amides is 1. The molecule has 1 aromatic rings. The van der Waals surface area contributed by atoms with Crippen LogP contribution in [0, 0.1) is 6.92 Å². The lowest BCUT2D eigenvalue weighted by Crippen LogP contribution is -2.16. The van der Waals surface area contributed by atoms with Gasteiger partial charge in [-0.25, -0.2) is 0 Å². The number of benzene rings is 1. The Labute approximate surface area is 107 Å². The summed E-state index contributed by atoms with van der Waals surface area (Å²) in [5, 5.41) is 11.3. The van der Waals surface area contributed by atoms with E-state index in [2.05, 4.69) is 26.1 Å². The van der Waals surface area contributed by atoms with Gasteiger partial charge in [-0.2, -0.15) is 0 Å². The Morgan fingerprint density at radius 1 is 1.41 bits per heavy atom. The molecule has 1 rings (SSSR count). The number of hydrogen-bond acceptors (Lipinski definition) is 3. The van der Waals surface area contributed by atoms with Crippen molar-refractivity contribution in [3.05, 3.63) is 23.8 Å². The summed E-state index contributed by atoms with van der Waals surface area (Å²) < 4.78 is 0.169. The lowest BCUT2D eigenvalue weighted by atomic mass is 10.2. The van der Waals surface area contributed by atoms with Crippen LogP contribution >= 0.6 is 11.8 Å². The predicted octanol–water partition coefficient (Wildman–Crippen LogP) is 2.82. The van der Waals surface area contributed by atoms with Gasteiger partial charge in [0.2, 0.25) is 5.91 Å². The third kappa shape index (κ3) is 4.79. The fourth-order valence-electron chi connectivity index (χ4n) is 1.38. The Morgan fingerprint density at radius 3 is 2.53 bits per heavy atom. The number of aliphatic hydroxyl groups is 1. The van der Waals surface area contributed by atoms with Gasteiger partial charge in [0, 0.05) is 15.3 Å². The average Bonchev–Trinajstić information content (AvgIpc) is 2.19. The van der Waals surface area contributed by atoms with Crippen LogP contribution in [-0.2, 0) is 4.79 Å². The van der Waals surface area contributed by atoms with Gasteiger partial charge in [0.25, 0.3) is 0 Å². The summed E-state index contributed by atoms with van der Waals surface area (Å²) in [5.41, 5.74) is 1.75. The third-order valence-electron chi connectivity index (χ3n) is 2.04. The maximum atomic E-state index is 11.1. The summed E-state index contributed by atoms with van der Waals surface area (Å²) in [6, 6.07) is 5.90. The number of rotatable bonds is 3. The zero-order valence-electron chi connectivity index (χ0n) is 10.7. The van der Waals surface area contributed by atoms with Crippen molar-refractivity contribution in [3.8, 4) is 0 Å². The summed E-state index contributed by atoms with van der Waals surface area (Å²) in [4.78, 5) is 12.3. The van der Waals surface area contributed by atoms with E-state index in [1.54, 1.807) is 11.8 Å². The minimum Gasteiger partial charge on any atom is -0.387 e. The fraction of sp³-hybridized carbons (Fsp3) is 0.462. The molecule has 3 nitrogen and oxygen atoms in total. The van der Waals surface area contributed by atoms with Crippen molar-refractivity contribution in [3.63, 3.8) is 0 Å². The molecule has 0 unspecified atom stereocenters. The van der Waals surface area contributed by atoms with E-state index in [9.17, 15) is 4.79 Å². The molecule has 1 aromatic carbocycles. The molecule has 0 bridgehead atoms. The second-order valence-corrected chi connectivity index (χ2v) is 6.80. The van der Waals surface area contributed by atoms with E-state index < -0.39 is 6.61 Å². The SMILES string of the molecule is Cc1cc(SC(C)(C)C)ccc1NC(=O)CO. The molecule has 0 aromatic heterocycles. The quantitative estimate of drug-likeness (QED) is 0.814. The highest BCUT2D eigenvalue weighted by Gasteiger charge is 2.13. The zero-order chi connectivity index (χ0) is 13.1. The number of aliphatic hydroxyl groups excluding tert-OH is 1. The molecule has 0 heterocycles. The second kappa shape index (κ2) is 5.56. The highest BCUT2D eigenvalue weighted by Crippen LogP contribution is 2.33. The van der Waals surface area contributed by atoms with E-state index in [-0.39, 0.29) is 10.7 Å². The summed E-state index contributed by atoms with van der Waals surface area (Å²) in [6.45, 7) is 7.94. The smallest absolute Gasteiger partial charge is 0.250 e. The number of carbonyl (C=O) groups excluding carboxylic acids is 1. The summed E-state index contributed by atoms with van der Waals surface area (Å²) in [6.07, 6.45) is 0. The van der Waals surface area contributed by atoms with Crippen LogP contribution in [0.1, 0.15) is 26.3 Å². The molecule has 0 fully saturated rings. The van der Waals surface area contributed by atoms with Gasteiger partial charge in [0.15, 0.2) is 0 Å². The van der Waals surface area contributed by atoms with Crippen LogP contribution in [0.25, 0.3) is 0 Å². The van der Waals surface area contributed by atoms with Crippen LogP contribution in [0.4, 0.5) is 5.69 Å². The zero-order valence-corrected chi connectivity index (χ0v) is 11.5. The molecule has 0 atom stereocenters. The van der Waals surface area contributed by atoms with Gasteiger partial charge in [-0.05, 0) is 30.7 Å². The van der Waals surface area contributed by atoms with Crippen LogP contribution in [0.2, 0.25) is 0 Å². The molecule has 2 N–H and O–H groups in total. The van der Waals surface area contributed by atoms with Crippen molar-refractivity contribution < 1.29 is 9.90 Å². The standard InChI is InChI=1S/C13H19NO2S/c1-9-7-10(17-13(2,3)4)5-6-11(9)14-12(16)8-15/h5-7,15H,8H2,1-4H3,(H,14,16). The number of aryl methyl sites for hydroxylation is 1. The van der Waals surface area contributed by atoms with E-state index >= 15 is 0 Å². The van der Waals surface area contributed by atoms with Gasteiger partial charge >= 0.3 is 0 Å². The van der Waals surface area contributed by atoms with Gasteiger partial charge in [-0.15, -0.1) is 11.8 Å². The molecule has 0 radical (unpaired) electrons. The van der Waals surface area contributed by atoms with Crippen LogP contribution < -0.4 is 5.32 Å². The minimum absolute atomic E-state index is 0.169. The van der Waals surface area contributed by atoms with Crippen molar-refractivity contribution in [2.75, 3.05) is 11.9 Å². The first-order valence-corrected chi connectivity index (χ1v) is 6.34. The molecule has 0 spiro atoms. The molecular formula is C13H19NO2S. The lowest BCUT2D eigenvalue weighted by Gasteiger charge is -2.18. The number of carbonyl (C=O) groups is 1. The van der Waals surface area contributed by atoms with Crippen molar-refractivity contribution >= 4 is 23.4 Å². The number of thioether (sulfide) groups is 1. The summed E-state index contributed by atoms with van der Waals surface area (Å²) in [5.74, 6) is -0.385. The normalized spacial score (nSPS) is 11.4. The van der Waals surface area contributed by atoms with Crippen molar-refractivity contribution in [2.24, 2.45) is 0 Å². The average molecular weight is 253 g/mol. The van der Waals surface area contributed by atoms with Crippen molar-refractivity contribution in [1.82, 2.24) is 0 Å². The molecule has 4 heteroatoms. The van der Waals surface area contributed by atoms with Gasteiger partial charge in [0.05, 0.1) is 0 Å². The molecule has 17 heavy (non-hydrogen) atoms. The number of hydrogen-bond donors (Lipinski definition) is 2. The first kappa shape index (κ1) is 14.1. The van der Waals surface area contributed by atoms with Crippen LogP contribution in [0.5, 0.6) is 0 Å². The van der Waals surface area contributed by atoms with E-state index in [0.29, 0.717) is 0 Å². The Bertz CT molecular complexity index is 410. The van der Waals surface area contributed by atoms with E-state index in [0.717, 1.165) is 11.3 Å². The van der Waals surface area contributed by atoms with Gasteiger partial charge in [0.1, 0.15) is 6.61 Å². The summed E-state index contributed by atoms with van der Waals surface area (Å²) in [7, 11) is 0. The molecule has 0 saturated heterocycles. The Balaban J connectivity index is 2.83. The highest BCUT2D eigenvalue weighted by molar-refractivity contribution is 8.00. The molecule has 0 aliphatic heterocycles. The van der Waals surface area contributed by atoms with Crippen LogP contribution in [-0.4, -0.2) is 22.4 Å². The maximum Gasteiger partial charge on any atom is 0.250 e. The first-order chi connectivity index (χ1) is 7.81. The molecule has 0 aliphatic rings. The highest BCUT2D eigenvalue weighted by atomic mass is 32.2. The Hall–Kier alpha value is -1.00. The largest absolute Gasteiger partial charge is 0.387 e. The van der Waals surface area contributed by atoms with Crippen LogP contribution in [0.3, 0.4) is 0 Å². The van der Waals surface area contributed by atoms with E-state index in [1.165, 1.54) is 4.90 Å². The predicted molar refractivity (Wildman–Crippen MR) is 72.5 cm³/mol. The van der Waals surface area contributed by atoms with Crippen molar-refractivity contribution in [2.45, 2.75) is 37.3 Å². The lowest BCUT2D eigenvalue weighted by molar-refractivity contribution is -0.118.